The third-order valence-electron chi connectivity index (χ3n) is 4.94. The van der Waals surface area contributed by atoms with Gasteiger partial charge in [-0.25, -0.2) is 0 Å². The van der Waals surface area contributed by atoms with E-state index >= 15 is 0 Å². The molecule has 2 saturated heterocycles. The van der Waals surface area contributed by atoms with Crippen molar-refractivity contribution in [1.82, 2.24) is 9.80 Å². The second kappa shape index (κ2) is 5.91. The monoisotopic (exact) mass is 342 g/mol. The SMILES string of the molecule is CN(C)[C@@H]1CC(=O)N2C[C@@H](c3c(O)ccc(Cl)c3Cl)C[C@H]2C1. The number of amides is 1. The highest BCUT2D eigenvalue weighted by Gasteiger charge is 2.42. The number of halogens is 2. The van der Waals surface area contributed by atoms with Gasteiger partial charge in [-0.1, -0.05) is 23.2 Å². The quantitative estimate of drug-likeness (QED) is 0.897. The van der Waals surface area contributed by atoms with Crippen LogP contribution in [-0.4, -0.2) is 53.5 Å². The van der Waals surface area contributed by atoms with E-state index in [0.29, 0.717) is 28.6 Å². The molecule has 3 atom stereocenters. The number of fused-ring (bicyclic) bond motifs is 1. The second-order valence-corrected chi connectivity index (χ2v) is 7.27. The van der Waals surface area contributed by atoms with Gasteiger partial charge in [0.15, 0.2) is 0 Å². The molecule has 1 N–H and O–H groups in total. The Morgan fingerprint density at radius 1 is 1.27 bits per heavy atom. The first-order valence-electron chi connectivity index (χ1n) is 7.51. The normalized spacial score (nSPS) is 28.3. The molecule has 0 saturated carbocycles. The molecule has 0 spiro atoms. The van der Waals surface area contributed by atoms with Crippen molar-refractivity contribution in [2.45, 2.75) is 37.3 Å². The molecule has 2 aliphatic heterocycles. The van der Waals surface area contributed by atoms with Crippen molar-refractivity contribution in [3.05, 3.63) is 27.7 Å². The highest BCUT2D eigenvalue weighted by molar-refractivity contribution is 6.42. The topological polar surface area (TPSA) is 43.8 Å². The van der Waals surface area contributed by atoms with Crippen LogP contribution in [0.15, 0.2) is 12.1 Å². The highest BCUT2D eigenvalue weighted by atomic mass is 35.5. The summed E-state index contributed by atoms with van der Waals surface area (Å²) in [6, 6.07) is 3.67. The summed E-state index contributed by atoms with van der Waals surface area (Å²) in [6.07, 6.45) is 2.35. The number of hydrogen-bond donors (Lipinski definition) is 1. The lowest BCUT2D eigenvalue weighted by atomic mass is 9.91. The Labute approximate surface area is 140 Å². The average molecular weight is 343 g/mol. The maximum absolute atomic E-state index is 12.4. The minimum absolute atomic E-state index is 0.0427. The molecule has 1 aromatic rings. The van der Waals surface area contributed by atoms with E-state index in [1.54, 1.807) is 12.1 Å². The lowest BCUT2D eigenvalue weighted by Crippen LogP contribution is -2.48. The molecule has 2 heterocycles. The Morgan fingerprint density at radius 3 is 2.68 bits per heavy atom. The molecule has 3 rings (SSSR count). The van der Waals surface area contributed by atoms with E-state index in [4.69, 9.17) is 23.2 Å². The van der Waals surface area contributed by atoms with Gasteiger partial charge in [0, 0.05) is 36.5 Å². The predicted octanol–water partition coefficient (Wildman–Crippen LogP) is 3.11. The molecule has 0 radical (unpaired) electrons. The van der Waals surface area contributed by atoms with Crippen LogP contribution in [0.1, 0.15) is 30.7 Å². The first-order valence-corrected chi connectivity index (χ1v) is 8.26. The van der Waals surface area contributed by atoms with Crippen LogP contribution in [-0.2, 0) is 4.79 Å². The van der Waals surface area contributed by atoms with E-state index in [-0.39, 0.29) is 29.7 Å². The van der Waals surface area contributed by atoms with Gasteiger partial charge < -0.3 is 14.9 Å². The maximum Gasteiger partial charge on any atom is 0.224 e. The Balaban J connectivity index is 1.86. The largest absolute Gasteiger partial charge is 0.508 e. The number of phenols is 1. The zero-order chi connectivity index (χ0) is 16.0. The number of piperidine rings is 1. The van der Waals surface area contributed by atoms with Gasteiger partial charge in [0.25, 0.3) is 0 Å². The van der Waals surface area contributed by atoms with Crippen LogP contribution >= 0.6 is 23.2 Å². The molecular weight excluding hydrogens is 323 g/mol. The minimum atomic E-state index is 0.0427. The molecule has 1 amide bonds. The molecule has 0 aromatic heterocycles. The molecule has 0 unspecified atom stereocenters. The number of phenolic OH excluding ortho intramolecular Hbond substituents is 1. The van der Waals surface area contributed by atoms with Crippen LogP contribution in [0, 0.1) is 0 Å². The number of carbonyl (C=O) groups is 1. The van der Waals surface area contributed by atoms with E-state index < -0.39 is 0 Å². The van der Waals surface area contributed by atoms with Crippen LogP contribution in [0.4, 0.5) is 0 Å². The first kappa shape index (κ1) is 15.9. The lowest BCUT2D eigenvalue weighted by Gasteiger charge is -2.37. The minimum Gasteiger partial charge on any atom is -0.508 e. The number of aromatic hydroxyl groups is 1. The van der Waals surface area contributed by atoms with Gasteiger partial charge in [-0.3, -0.25) is 4.79 Å². The van der Waals surface area contributed by atoms with Gasteiger partial charge in [-0.2, -0.15) is 0 Å². The van der Waals surface area contributed by atoms with Gasteiger partial charge in [0.05, 0.1) is 10.0 Å². The molecule has 0 aliphatic carbocycles. The molecule has 120 valence electrons. The summed E-state index contributed by atoms with van der Waals surface area (Å²) in [5.41, 5.74) is 0.678. The Bertz CT molecular complexity index is 606. The smallest absolute Gasteiger partial charge is 0.224 e. The summed E-state index contributed by atoms with van der Waals surface area (Å²) in [4.78, 5) is 16.4. The van der Waals surface area contributed by atoms with Gasteiger partial charge in [-0.05, 0) is 39.1 Å². The van der Waals surface area contributed by atoms with Crippen LogP contribution in [0.3, 0.4) is 0 Å². The third-order valence-corrected chi connectivity index (χ3v) is 5.76. The first-order chi connectivity index (χ1) is 10.4. The molecule has 4 nitrogen and oxygen atoms in total. The Morgan fingerprint density at radius 2 is 2.00 bits per heavy atom. The van der Waals surface area contributed by atoms with E-state index in [0.717, 1.165) is 12.8 Å². The fourth-order valence-corrected chi connectivity index (χ4v) is 4.19. The molecular formula is C16H20Cl2N2O2. The standard InChI is InChI=1S/C16H20Cl2N2O2/c1-19(2)10-6-11-5-9(8-20(11)14(22)7-10)15-13(21)4-3-12(17)16(15)18/h3-4,9-11,21H,5-8H2,1-2H3/t9-,10-,11-/m0/s1. The average Bonchev–Trinajstić information content (AvgIpc) is 2.87. The summed E-state index contributed by atoms with van der Waals surface area (Å²) in [7, 11) is 4.03. The van der Waals surface area contributed by atoms with Crippen molar-refractivity contribution in [3.63, 3.8) is 0 Å². The van der Waals surface area contributed by atoms with E-state index in [2.05, 4.69) is 4.90 Å². The van der Waals surface area contributed by atoms with Crippen LogP contribution in [0.5, 0.6) is 5.75 Å². The third kappa shape index (κ3) is 2.68. The van der Waals surface area contributed by atoms with Crippen LogP contribution in [0.25, 0.3) is 0 Å². The molecule has 0 bridgehead atoms. The van der Waals surface area contributed by atoms with Gasteiger partial charge in [0.2, 0.25) is 5.91 Å². The number of benzene rings is 1. The fraction of sp³-hybridized carbons (Fsp3) is 0.562. The van der Waals surface area contributed by atoms with Crippen molar-refractivity contribution in [2.75, 3.05) is 20.6 Å². The highest BCUT2D eigenvalue weighted by Crippen LogP contribution is 2.45. The van der Waals surface area contributed by atoms with E-state index in [1.165, 1.54) is 0 Å². The molecule has 2 aliphatic rings. The Hall–Kier alpha value is -0.970. The van der Waals surface area contributed by atoms with E-state index in [1.807, 2.05) is 19.0 Å². The number of hydrogen-bond acceptors (Lipinski definition) is 3. The molecule has 6 heteroatoms. The van der Waals surface area contributed by atoms with Crippen molar-refractivity contribution in [1.29, 1.82) is 0 Å². The number of nitrogens with zero attached hydrogens (tertiary/aromatic N) is 2. The summed E-state index contributed by atoms with van der Waals surface area (Å²) in [5, 5.41) is 11.0. The number of rotatable bonds is 2. The van der Waals surface area contributed by atoms with Crippen LogP contribution in [0.2, 0.25) is 10.0 Å². The molecule has 2 fully saturated rings. The van der Waals surface area contributed by atoms with Crippen molar-refractivity contribution in [3.8, 4) is 5.75 Å². The van der Waals surface area contributed by atoms with Crippen molar-refractivity contribution in [2.24, 2.45) is 0 Å². The fourth-order valence-electron chi connectivity index (χ4n) is 3.71. The van der Waals surface area contributed by atoms with Crippen LogP contribution < -0.4 is 0 Å². The second-order valence-electron chi connectivity index (χ2n) is 6.48. The summed E-state index contributed by atoms with van der Waals surface area (Å²) in [6.45, 7) is 0.608. The van der Waals surface area contributed by atoms with Gasteiger partial charge >= 0.3 is 0 Å². The molecule has 22 heavy (non-hydrogen) atoms. The van der Waals surface area contributed by atoms with Crippen molar-refractivity contribution >= 4 is 29.1 Å². The zero-order valence-corrected chi connectivity index (χ0v) is 14.2. The lowest BCUT2D eigenvalue weighted by molar-refractivity contribution is -0.136. The zero-order valence-electron chi connectivity index (χ0n) is 12.7. The van der Waals surface area contributed by atoms with Gasteiger partial charge in [-0.15, -0.1) is 0 Å². The van der Waals surface area contributed by atoms with Crippen molar-refractivity contribution < 1.29 is 9.90 Å². The van der Waals surface area contributed by atoms with E-state index in [9.17, 15) is 9.90 Å². The summed E-state index contributed by atoms with van der Waals surface area (Å²) in [5.74, 6) is 0.395. The summed E-state index contributed by atoms with van der Waals surface area (Å²) < 4.78 is 0. The maximum atomic E-state index is 12.4. The Kier molecular flexibility index (Phi) is 4.27. The van der Waals surface area contributed by atoms with Gasteiger partial charge in [0.1, 0.15) is 5.75 Å². The predicted molar refractivity (Wildman–Crippen MR) is 87.7 cm³/mol. The number of carbonyl (C=O) groups excluding carboxylic acids is 1. The molecule has 1 aromatic carbocycles. The summed E-state index contributed by atoms with van der Waals surface area (Å²) >= 11 is 12.4.